The second kappa shape index (κ2) is 2.02. The SMILES string of the molecule is C#CCCC1(I)N=N1. The number of hydrogen-bond donors (Lipinski definition) is 0. The number of rotatable bonds is 2. The van der Waals surface area contributed by atoms with Crippen LogP contribution in [-0.4, -0.2) is 3.67 Å². The molecule has 1 heterocycles. The van der Waals surface area contributed by atoms with Gasteiger partial charge in [-0.1, -0.05) is 0 Å². The molecule has 0 aromatic rings. The fraction of sp³-hybridized carbons (Fsp3) is 0.600. The maximum Gasteiger partial charge on any atom is 0.241 e. The lowest BCUT2D eigenvalue weighted by Crippen LogP contribution is -1.95. The molecule has 0 aromatic carbocycles. The van der Waals surface area contributed by atoms with Crippen molar-refractivity contribution in [3.8, 4) is 12.3 Å². The third-order valence-electron chi connectivity index (χ3n) is 0.904. The van der Waals surface area contributed by atoms with Crippen LogP contribution in [0, 0.1) is 12.3 Å². The van der Waals surface area contributed by atoms with Crippen LogP contribution < -0.4 is 0 Å². The summed E-state index contributed by atoms with van der Waals surface area (Å²) in [4.78, 5) is 0. The molecule has 1 aliphatic heterocycles. The van der Waals surface area contributed by atoms with Gasteiger partial charge in [0.2, 0.25) is 3.67 Å². The van der Waals surface area contributed by atoms with Crippen LogP contribution in [0.1, 0.15) is 12.8 Å². The van der Waals surface area contributed by atoms with E-state index in [0.29, 0.717) is 0 Å². The van der Waals surface area contributed by atoms with Gasteiger partial charge >= 0.3 is 0 Å². The Bertz CT molecular complexity index is 150. The minimum absolute atomic E-state index is 0.121. The lowest BCUT2D eigenvalue weighted by atomic mass is 10.3. The highest BCUT2D eigenvalue weighted by Gasteiger charge is 2.34. The summed E-state index contributed by atoms with van der Waals surface area (Å²) in [6.07, 6.45) is 6.69. The van der Waals surface area contributed by atoms with Gasteiger partial charge < -0.3 is 0 Å². The van der Waals surface area contributed by atoms with Crippen LogP contribution in [0.3, 0.4) is 0 Å². The minimum atomic E-state index is -0.121. The second-order valence-electron chi connectivity index (χ2n) is 1.62. The van der Waals surface area contributed by atoms with Crippen molar-refractivity contribution in [3.05, 3.63) is 0 Å². The van der Waals surface area contributed by atoms with Crippen molar-refractivity contribution in [2.24, 2.45) is 10.2 Å². The Morgan fingerprint density at radius 1 is 1.62 bits per heavy atom. The van der Waals surface area contributed by atoms with E-state index in [2.05, 4.69) is 38.7 Å². The van der Waals surface area contributed by atoms with Crippen molar-refractivity contribution in [2.75, 3.05) is 0 Å². The summed E-state index contributed by atoms with van der Waals surface area (Å²) in [5.74, 6) is 2.54. The first-order valence-corrected chi connectivity index (χ1v) is 3.41. The first-order valence-electron chi connectivity index (χ1n) is 2.33. The average molecular weight is 220 g/mol. The minimum Gasteiger partial charge on any atom is -0.147 e. The van der Waals surface area contributed by atoms with E-state index in [9.17, 15) is 0 Å². The molecule has 2 nitrogen and oxygen atoms in total. The zero-order valence-electron chi connectivity index (χ0n) is 4.26. The highest BCUT2D eigenvalue weighted by Crippen LogP contribution is 2.39. The maximum atomic E-state index is 5.03. The number of halogens is 1. The number of terminal acetylenes is 1. The van der Waals surface area contributed by atoms with Crippen molar-refractivity contribution < 1.29 is 0 Å². The van der Waals surface area contributed by atoms with E-state index >= 15 is 0 Å². The van der Waals surface area contributed by atoms with Crippen LogP contribution in [0.4, 0.5) is 0 Å². The Morgan fingerprint density at radius 2 is 2.25 bits per heavy atom. The molecule has 8 heavy (non-hydrogen) atoms. The van der Waals surface area contributed by atoms with Crippen molar-refractivity contribution in [1.29, 1.82) is 0 Å². The van der Waals surface area contributed by atoms with Gasteiger partial charge in [0.15, 0.2) is 0 Å². The third kappa shape index (κ3) is 1.44. The van der Waals surface area contributed by atoms with Gasteiger partial charge in [0.1, 0.15) is 0 Å². The molecule has 1 aliphatic rings. The summed E-state index contributed by atoms with van der Waals surface area (Å²) in [5, 5.41) is 7.58. The molecule has 0 N–H and O–H groups in total. The van der Waals surface area contributed by atoms with E-state index in [1.165, 1.54) is 0 Å². The molecule has 0 saturated heterocycles. The topological polar surface area (TPSA) is 24.7 Å². The van der Waals surface area contributed by atoms with E-state index in [-0.39, 0.29) is 3.67 Å². The van der Waals surface area contributed by atoms with E-state index in [1.54, 1.807) is 0 Å². The van der Waals surface area contributed by atoms with E-state index in [4.69, 9.17) is 6.42 Å². The van der Waals surface area contributed by atoms with Gasteiger partial charge in [-0.05, 0) is 22.6 Å². The predicted octanol–water partition coefficient (Wildman–Crippen LogP) is 1.95. The lowest BCUT2D eigenvalue weighted by Gasteiger charge is -1.93. The molecule has 0 spiro atoms. The number of nitrogens with zero attached hydrogens (tertiary/aromatic N) is 2. The lowest BCUT2D eigenvalue weighted by molar-refractivity contribution is 0.791. The zero-order valence-corrected chi connectivity index (χ0v) is 6.42. The molecule has 0 radical (unpaired) electrons. The molecule has 0 saturated carbocycles. The van der Waals surface area contributed by atoms with Gasteiger partial charge in [0, 0.05) is 12.8 Å². The number of alkyl halides is 1. The fourth-order valence-electron chi connectivity index (χ4n) is 0.385. The first kappa shape index (κ1) is 6.02. The van der Waals surface area contributed by atoms with Crippen molar-refractivity contribution in [3.63, 3.8) is 0 Å². The smallest absolute Gasteiger partial charge is 0.147 e. The molecule has 0 amide bonds. The Morgan fingerprint density at radius 3 is 2.62 bits per heavy atom. The Hall–Kier alpha value is -0.110. The van der Waals surface area contributed by atoms with Crippen LogP contribution in [-0.2, 0) is 0 Å². The monoisotopic (exact) mass is 220 g/mol. The molecule has 0 fully saturated rings. The molecule has 0 atom stereocenters. The number of hydrogen-bond acceptors (Lipinski definition) is 2. The summed E-state index contributed by atoms with van der Waals surface area (Å²) in [5.41, 5.74) is 0. The molecule has 0 aromatic heterocycles. The molecule has 1 rings (SSSR count). The summed E-state index contributed by atoms with van der Waals surface area (Å²) >= 11 is 2.18. The first-order chi connectivity index (χ1) is 3.77. The van der Waals surface area contributed by atoms with Gasteiger partial charge in [0.25, 0.3) is 0 Å². The second-order valence-corrected chi connectivity index (χ2v) is 3.35. The Balaban J connectivity index is 2.14. The van der Waals surface area contributed by atoms with Crippen LogP contribution in [0.2, 0.25) is 0 Å². The van der Waals surface area contributed by atoms with Crippen LogP contribution in [0.5, 0.6) is 0 Å². The van der Waals surface area contributed by atoms with Crippen molar-refractivity contribution in [2.45, 2.75) is 16.5 Å². The Kier molecular flexibility index (Phi) is 1.52. The largest absolute Gasteiger partial charge is 0.241 e. The molecule has 0 aliphatic carbocycles. The molecule has 3 heteroatoms. The third-order valence-corrected chi connectivity index (χ3v) is 1.88. The van der Waals surface area contributed by atoms with E-state index < -0.39 is 0 Å². The van der Waals surface area contributed by atoms with E-state index in [1.807, 2.05) is 0 Å². The summed E-state index contributed by atoms with van der Waals surface area (Å²) in [7, 11) is 0. The van der Waals surface area contributed by atoms with Gasteiger partial charge in [-0.25, -0.2) is 0 Å². The quantitative estimate of drug-likeness (QED) is 0.294. The van der Waals surface area contributed by atoms with Crippen LogP contribution in [0.15, 0.2) is 10.2 Å². The highest BCUT2D eigenvalue weighted by molar-refractivity contribution is 14.1. The summed E-state index contributed by atoms with van der Waals surface area (Å²) < 4.78 is -0.121. The zero-order chi connectivity index (χ0) is 6.04. The highest BCUT2D eigenvalue weighted by atomic mass is 127. The molecular weight excluding hydrogens is 215 g/mol. The molecule has 0 unspecified atom stereocenters. The summed E-state index contributed by atoms with van der Waals surface area (Å²) in [6, 6.07) is 0. The van der Waals surface area contributed by atoms with Crippen molar-refractivity contribution >= 4 is 22.6 Å². The standard InChI is InChI=1S/C5H5IN2/c1-2-3-4-5(6)7-8-5/h1H,3-4H2. The van der Waals surface area contributed by atoms with Crippen LogP contribution >= 0.6 is 22.6 Å². The Labute approximate surface area is 61.9 Å². The molecule has 0 bridgehead atoms. The van der Waals surface area contributed by atoms with Gasteiger partial charge in [-0.2, -0.15) is 0 Å². The average Bonchev–Trinajstić information content (AvgIpc) is 2.45. The summed E-state index contributed by atoms with van der Waals surface area (Å²) in [6.45, 7) is 0. The van der Waals surface area contributed by atoms with Crippen molar-refractivity contribution in [1.82, 2.24) is 0 Å². The maximum absolute atomic E-state index is 5.03. The molecule has 42 valence electrons. The fourth-order valence-corrected chi connectivity index (χ4v) is 0.763. The van der Waals surface area contributed by atoms with Gasteiger partial charge in [-0.3, -0.25) is 0 Å². The van der Waals surface area contributed by atoms with Gasteiger partial charge in [0.05, 0.1) is 0 Å². The van der Waals surface area contributed by atoms with Gasteiger partial charge in [-0.15, -0.1) is 22.6 Å². The van der Waals surface area contributed by atoms with Crippen LogP contribution in [0.25, 0.3) is 0 Å². The predicted molar refractivity (Wildman–Crippen MR) is 39.7 cm³/mol. The molecular formula is C5H5IN2. The normalized spacial score (nSPS) is 20.0. The van der Waals surface area contributed by atoms with E-state index in [0.717, 1.165) is 12.8 Å².